The molecule has 1 rings (SSSR count). The average molecular weight is 219 g/mol. The van der Waals surface area contributed by atoms with Crippen molar-refractivity contribution in [3.05, 3.63) is 28.2 Å². The Kier molecular flexibility index (Phi) is 3.06. The van der Waals surface area contributed by atoms with Crippen LogP contribution in [0.3, 0.4) is 0 Å². The lowest BCUT2D eigenvalue weighted by molar-refractivity contribution is -0.115. The van der Waals surface area contributed by atoms with E-state index in [0.29, 0.717) is 15.7 Å². The van der Waals surface area contributed by atoms with Crippen LogP contribution in [-0.4, -0.2) is 5.91 Å². The first-order valence-corrected chi connectivity index (χ1v) is 4.58. The summed E-state index contributed by atoms with van der Waals surface area (Å²) in [5, 5.41) is 1.56. The summed E-state index contributed by atoms with van der Waals surface area (Å²) in [7, 11) is 0. The number of anilines is 1. The van der Waals surface area contributed by atoms with Crippen LogP contribution in [-0.2, 0) is 4.79 Å². The molecule has 0 fully saturated rings. The van der Waals surface area contributed by atoms with Gasteiger partial charge in [0.2, 0.25) is 5.91 Å². The molecule has 1 aromatic rings. The van der Waals surface area contributed by atoms with Crippen LogP contribution < -0.4 is 5.31 Å². The van der Waals surface area contributed by atoms with Crippen LogP contribution in [0.15, 0.2) is 18.2 Å². The standard InChI is InChI=1S/C9H9Cl2NO/c1-2-9(13)12-6-3-4-7(10)8(11)5-6/h3-5H,2H2,1H3,(H,12,13)/i/hD. The van der Waals surface area contributed by atoms with Crippen LogP contribution in [0.2, 0.25) is 11.5 Å². The molecule has 0 atom stereocenters. The number of hydrogen-bond acceptors (Lipinski definition) is 1. The van der Waals surface area contributed by atoms with Gasteiger partial charge in [-0.1, -0.05) is 30.1 Å². The Morgan fingerprint density at radius 3 is 2.77 bits per heavy atom. The average Bonchev–Trinajstić information content (AvgIpc) is 2.20. The second kappa shape index (κ2) is 4.49. The lowest BCUT2D eigenvalue weighted by Gasteiger charge is -2.04. The van der Waals surface area contributed by atoms with Crippen LogP contribution in [0.25, 0.3) is 0 Å². The van der Waals surface area contributed by atoms with Gasteiger partial charge in [0.1, 0.15) is 0 Å². The highest BCUT2D eigenvalue weighted by Gasteiger charge is 2.01. The minimum atomic E-state index is -0.289. The summed E-state index contributed by atoms with van der Waals surface area (Å²) in [4.78, 5) is 11.2. The Morgan fingerprint density at radius 2 is 2.23 bits per heavy atom. The van der Waals surface area contributed by atoms with Gasteiger partial charge in [0.05, 0.1) is 10.0 Å². The van der Waals surface area contributed by atoms with E-state index in [2.05, 4.69) is 0 Å². The van der Waals surface area contributed by atoms with Gasteiger partial charge < -0.3 is 5.31 Å². The van der Waals surface area contributed by atoms with Crippen LogP contribution in [0, 0.1) is 0 Å². The number of hydrogen-bond donors (Lipinski definition) is 1. The first-order chi connectivity index (χ1) is 6.56. The van der Waals surface area contributed by atoms with E-state index in [-0.39, 0.29) is 12.3 Å². The highest BCUT2D eigenvalue weighted by molar-refractivity contribution is 6.42. The third-order valence-electron chi connectivity index (χ3n) is 1.46. The largest absolute Gasteiger partial charge is 0.326 e. The number of carbonyl (C=O) groups excluding carboxylic acids is 1. The van der Waals surface area contributed by atoms with E-state index in [4.69, 9.17) is 24.6 Å². The van der Waals surface area contributed by atoms with Crippen molar-refractivity contribution in [3.63, 3.8) is 0 Å². The maximum Gasteiger partial charge on any atom is 0.224 e. The third kappa shape index (κ3) is 2.90. The first-order valence-electron chi connectivity index (χ1n) is 4.28. The zero-order valence-corrected chi connectivity index (χ0v) is 8.56. The van der Waals surface area contributed by atoms with Crippen molar-refractivity contribution < 1.29 is 6.21 Å². The van der Waals surface area contributed by atoms with Crippen LogP contribution in [0.4, 0.5) is 5.69 Å². The molecule has 0 aliphatic rings. The van der Waals surface area contributed by atoms with Gasteiger partial charge in [-0.2, -0.15) is 0 Å². The normalized spacial score (nSPS) is 10.8. The molecule has 4 heteroatoms. The van der Waals surface area contributed by atoms with Crippen molar-refractivity contribution >= 4 is 34.8 Å². The predicted molar refractivity (Wildman–Crippen MR) is 55.4 cm³/mol. The monoisotopic (exact) mass is 218 g/mol. The van der Waals surface area contributed by atoms with Crippen molar-refractivity contribution in [2.24, 2.45) is 0 Å². The quantitative estimate of drug-likeness (QED) is 0.811. The summed E-state index contributed by atoms with van der Waals surface area (Å²) >= 11 is 11.5. The van der Waals surface area contributed by atoms with Crippen molar-refractivity contribution in [1.29, 1.82) is 0 Å². The molecule has 13 heavy (non-hydrogen) atoms. The summed E-state index contributed by atoms with van der Waals surface area (Å²) in [6, 6.07) is 4.63. The molecule has 0 saturated carbocycles. The van der Waals surface area contributed by atoms with Gasteiger partial charge >= 0.3 is 0 Å². The lowest BCUT2D eigenvalue weighted by Crippen LogP contribution is -2.09. The molecule has 0 heterocycles. The molecule has 1 amide bonds. The van der Waals surface area contributed by atoms with Gasteiger partial charge in [0.25, 0.3) is 0 Å². The highest BCUT2D eigenvalue weighted by atomic mass is 35.5. The number of halogens is 2. The van der Waals surface area contributed by atoms with E-state index in [1.807, 2.05) is 0 Å². The molecule has 2 nitrogen and oxygen atoms in total. The summed E-state index contributed by atoms with van der Waals surface area (Å²) in [5.41, 5.74) is 0.422. The number of amides is 1. The Labute approximate surface area is 88.3 Å². The van der Waals surface area contributed by atoms with E-state index < -0.39 is 0 Å². The fourth-order valence-corrected chi connectivity index (χ4v) is 1.07. The fraction of sp³-hybridized carbons (Fsp3) is 0.222. The smallest absolute Gasteiger partial charge is 0.224 e. The Morgan fingerprint density at radius 1 is 1.54 bits per heavy atom. The maximum atomic E-state index is 11.2. The van der Waals surface area contributed by atoms with E-state index in [1.165, 1.54) is 6.07 Å². The summed E-state index contributed by atoms with van der Waals surface area (Å²) in [5.74, 6) is -0.289. The minimum absolute atomic E-state index is 0.281. The molecular weight excluding hydrogens is 209 g/mol. The number of rotatable bonds is 2. The Bertz CT molecular complexity index is 357. The number of nitrogens with one attached hydrogen (secondary N) is 1. The summed E-state index contributed by atoms with van der Waals surface area (Å²) in [6.07, 6.45) is 0.281. The van der Waals surface area contributed by atoms with Gasteiger partial charge in [0.15, 0.2) is 1.41 Å². The van der Waals surface area contributed by atoms with Crippen molar-refractivity contribution in [3.8, 4) is 0 Å². The van der Waals surface area contributed by atoms with Crippen LogP contribution in [0.5, 0.6) is 0 Å². The third-order valence-corrected chi connectivity index (χ3v) is 2.20. The lowest BCUT2D eigenvalue weighted by atomic mass is 10.3. The first kappa shape index (κ1) is 8.85. The fourth-order valence-electron chi connectivity index (χ4n) is 0.778. The molecule has 0 saturated heterocycles. The van der Waals surface area contributed by atoms with Crippen molar-refractivity contribution in [1.82, 2.24) is 0 Å². The van der Waals surface area contributed by atoms with E-state index in [1.54, 1.807) is 19.1 Å². The van der Waals surface area contributed by atoms with Gasteiger partial charge in [-0.25, -0.2) is 0 Å². The SMILES string of the molecule is [2H]N(C(=O)CC)c1ccc(Cl)c(Cl)c1. The second-order valence-corrected chi connectivity index (χ2v) is 3.27. The summed E-state index contributed by atoms with van der Waals surface area (Å²) < 4.78 is 7.47. The highest BCUT2D eigenvalue weighted by Crippen LogP contribution is 2.24. The molecule has 0 aliphatic heterocycles. The van der Waals surface area contributed by atoms with Crippen LogP contribution >= 0.6 is 23.2 Å². The molecular formula is C9H9Cl2NO. The van der Waals surface area contributed by atoms with Gasteiger partial charge in [0, 0.05) is 12.1 Å². The zero-order valence-electron chi connectivity index (χ0n) is 8.05. The number of carbonyl (C=O) groups is 1. The molecule has 1 N–H and O–H groups in total. The molecule has 0 unspecified atom stereocenters. The molecule has 1 aromatic carbocycles. The van der Waals surface area contributed by atoms with E-state index in [0.717, 1.165) is 5.31 Å². The van der Waals surface area contributed by atoms with Gasteiger partial charge in [-0.15, -0.1) is 0 Å². The maximum absolute atomic E-state index is 11.2. The summed E-state index contributed by atoms with van der Waals surface area (Å²) in [6.45, 7) is 1.70. The molecule has 0 aliphatic carbocycles. The molecule has 0 spiro atoms. The zero-order chi connectivity index (χ0) is 10.7. The van der Waals surface area contributed by atoms with Gasteiger partial charge in [-0.05, 0) is 18.2 Å². The van der Waals surface area contributed by atoms with Crippen molar-refractivity contribution in [2.45, 2.75) is 13.3 Å². The van der Waals surface area contributed by atoms with Crippen LogP contribution in [0.1, 0.15) is 13.3 Å². The Hall–Kier alpha value is -0.730. The minimum Gasteiger partial charge on any atom is -0.326 e. The molecule has 70 valence electrons. The molecule has 0 aromatic heterocycles. The van der Waals surface area contributed by atoms with Crippen molar-refractivity contribution in [2.75, 3.05) is 5.31 Å². The predicted octanol–water partition coefficient (Wildman–Crippen LogP) is 3.34. The number of benzene rings is 1. The molecule has 0 bridgehead atoms. The Balaban J connectivity index is 2.96. The van der Waals surface area contributed by atoms with E-state index >= 15 is 0 Å². The van der Waals surface area contributed by atoms with Gasteiger partial charge in [-0.3, -0.25) is 4.79 Å². The van der Waals surface area contributed by atoms with E-state index in [9.17, 15) is 4.79 Å². The topological polar surface area (TPSA) is 29.1 Å². The molecule has 0 radical (unpaired) electrons. The second-order valence-electron chi connectivity index (χ2n) is 2.46.